The van der Waals surface area contributed by atoms with Gasteiger partial charge in [-0.15, -0.1) is 10.2 Å². The topological polar surface area (TPSA) is 115 Å². The van der Waals surface area contributed by atoms with Crippen molar-refractivity contribution in [2.24, 2.45) is 5.84 Å². The van der Waals surface area contributed by atoms with E-state index in [-0.39, 0.29) is 12.6 Å². The molecule has 9 heteroatoms. The van der Waals surface area contributed by atoms with Crippen LogP contribution < -0.4 is 26.1 Å². The van der Waals surface area contributed by atoms with Crippen molar-refractivity contribution in [2.75, 3.05) is 25.2 Å². The molecule has 2 rings (SSSR count). The van der Waals surface area contributed by atoms with E-state index < -0.39 is 6.10 Å². The molecule has 0 bridgehead atoms. The number of aliphatic hydroxyl groups is 1. The predicted octanol–water partition coefficient (Wildman–Crippen LogP) is 1.91. The van der Waals surface area contributed by atoms with Crippen molar-refractivity contribution in [1.29, 1.82) is 0 Å². The lowest BCUT2D eigenvalue weighted by Gasteiger charge is -2.18. The molecule has 2 atom stereocenters. The molecule has 0 aliphatic rings. The van der Waals surface area contributed by atoms with Crippen LogP contribution in [0.3, 0.4) is 0 Å². The number of aromatic nitrogens is 2. The highest BCUT2D eigenvalue weighted by molar-refractivity contribution is 6.32. The number of rotatable bonds is 11. The van der Waals surface area contributed by atoms with E-state index >= 15 is 0 Å². The van der Waals surface area contributed by atoms with Crippen LogP contribution >= 0.6 is 11.6 Å². The summed E-state index contributed by atoms with van der Waals surface area (Å²) >= 11 is 6.17. The Labute approximate surface area is 164 Å². The van der Waals surface area contributed by atoms with Crippen LogP contribution in [-0.2, 0) is 0 Å². The molecule has 0 spiro atoms. The molecule has 8 nitrogen and oxygen atoms in total. The fraction of sp³-hybridized carbons (Fsp3) is 0.444. The lowest BCUT2D eigenvalue weighted by molar-refractivity contribution is 0.103. The van der Waals surface area contributed by atoms with Gasteiger partial charge in [-0.3, -0.25) is 0 Å². The average Bonchev–Trinajstić information content (AvgIpc) is 2.68. The highest BCUT2D eigenvalue weighted by atomic mass is 35.5. The molecule has 0 amide bonds. The molecule has 1 aromatic heterocycles. The second-order valence-corrected chi connectivity index (χ2v) is 6.58. The first-order valence-electron chi connectivity index (χ1n) is 8.72. The first-order chi connectivity index (χ1) is 13.0. The molecule has 0 saturated carbocycles. The maximum Gasteiger partial charge on any atom is 0.233 e. The number of hydrazine groups is 1. The maximum absolute atomic E-state index is 10.1. The van der Waals surface area contributed by atoms with Crippen LogP contribution in [0.4, 0.5) is 5.82 Å². The number of aliphatic hydroxyl groups excluding tert-OH is 1. The standard InChI is InChI=1S/C18H26ClN5O3/c1-12-4-3-5-15(18(12)19)27-11-14(25)10-21-13(2)8-9-26-17-7-6-16(22-20)23-24-17/h3-7,13-14,21,25H,8-11,20H2,1-2H3,(H,22,23). The predicted molar refractivity (Wildman–Crippen MR) is 105 cm³/mol. The van der Waals surface area contributed by atoms with Crippen LogP contribution in [0.2, 0.25) is 5.02 Å². The van der Waals surface area contributed by atoms with Gasteiger partial charge in [-0.25, -0.2) is 5.84 Å². The van der Waals surface area contributed by atoms with Gasteiger partial charge < -0.3 is 25.3 Å². The van der Waals surface area contributed by atoms with E-state index in [0.29, 0.717) is 35.6 Å². The van der Waals surface area contributed by atoms with Crippen LogP contribution in [0.1, 0.15) is 18.9 Å². The molecule has 27 heavy (non-hydrogen) atoms. The van der Waals surface area contributed by atoms with E-state index in [2.05, 4.69) is 20.9 Å². The Morgan fingerprint density at radius 1 is 1.22 bits per heavy atom. The number of hydrogen-bond acceptors (Lipinski definition) is 8. The van der Waals surface area contributed by atoms with E-state index in [1.54, 1.807) is 18.2 Å². The first-order valence-corrected chi connectivity index (χ1v) is 9.10. The van der Waals surface area contributed by atoms with Crippen molar-refractivity contribution in [3.05, 3.63) is 40.9 Å². The van der Waals surface area contributed by atoms with Crippen molar-refractivity contribution < 1.29 is 14.6 Å². The summed E-state index contributed by atoms with van der Waals surface area (Å²) in [6.07, 6.45) is 0.0997. The number of aryl methyl sites for hydroxylation is 1. The van der Waals surface area contributed by atoms with Crippen LogP contribution in [0.5, 0.6) is 11.6 Å². The van der Waals surface area contributed by atoms with Gasteiger partial charge in [-0.05, 0) is 38.0 Å². The zero-order valence-corrected chi connectivity index (χ0v) is 16.2. The highest BCUT2D eigenvalue weighted by Crippen LogP contribution is 2.27. The highest BCUT2D eigenvalue weighted by Gasteiger charge is 2.10. The summed E-state index contributed by atoms with van der Waals surface area (Å²) in [4.78, 5) is 0. The summed E-state index contributed by atoms with van der Waals surface area (Å²) in [5, 5.41) is 21.6. The Hall–Kier alpha value is -2.13. The molecule has 0 aliphatic carbocycles. The van der Waals surface area contributed by atoms with E-state index in [9.17, 15) is 5.11 Å². The van der Waals surface area contributed by atoms with E-state index in [1.807, 2.05) is 26.0 Å². The number of nitrogens with two attached hydrogens (primary N) is 1. The minimum Gasteiger partial charge on any atom is -0.489 e. The minimum absolute atomic E-state index is 0.153. The van der Waals surface area contributed by atoms with Gasteiger partial charge in [-0.1, -0.05) is 23.7 Å². The minimum atomic E-state index is -0.646. The summed E-state index contributed by atoms with van der Waals surface area (Å²) in [7, 11) is 0. The molecule has 1 heterocycles. The number of hydrogen-bond donors (Lipinski definition) is 4. The molecular formula is C18H26ClN5O3. The zero-order chi connectivity index (χ0) is 19.6. The van der Waals surface area contributed by atoms with Gasteiger partial charge in [-0.2, -0.15) is 0 Å². The second kappa shape index (κ2) is 10.9. The quantitative estimate of drug-likeness (QED) is 0.337. The Morgan fingerprint density at radius 3 is 2.74 bits per heavy atom. The SMILES string of the molecule is Cc1cccc(OCC(O)CNC(C)CCOc2ccc(NN)nn2)c1Cl. The molecule has 0 radical (unpaired) electrons. The van der Waals surface area contributed by atoms with Gasteiger partial charge in [0.05, 0.1) is 11.6 Å². The maximum atomic E-state index is 10.1. The monoisotopic (exact) mass is 395 g/mol. The summed E-state index contributed by atoms with van der Waals surface area (Å²) in [6, 6.07) is 9.09. The average molecular weight is 396 g/mol. The van der Waals surface area contributed by atoms with Gasteiger partial charge in [0.15, 0.2) is 5.82 Å². The molecule has 0 aliphatic heterocycles. The Balaban J connectivity index is 1.62. The largest absolute Gasteiger partial charge is 0.489 e. The lowest BCUT2D eigenvalue weighted by Crippen LogP contribution is -2.37. The van der Waals surface area contributed by atoms with Gasteiger partial charge in [0.25, 0.3) is 0 Å². The first kappa shape index (κ1) is 21.2. The molecular weight excluding hydrogens is 370 g/mol. The van der Waals surface area contributed by atoms with Crippen molar-refractivity contribution in [2.45, 2.75) is 32.4 Å². The summed E-state index contributed by atoms with van der Waals surface area (Å²) in [6.45, 7) is 4.97. The van der Waals surface area contributed by atoms with E-state index in [1.165, 1.54) is 0 Å². The van der Waals surface area contributed by atoms with Crippen LogP contribution in [-0.4, -0.2) is 47.2 Å². The van der Waals surface area contributed by atoms with Crippen molar-refractivity contribution in [3.63, 3.8) is 0 Å². The van der Waals surface area contributed by atoms with Crippen LogP contribution in [0.15, 0.2) is 30.3 Å². The third kappa shape index (κ3) is 7.18. The summed E-state index contributed by atoms with van der Waals surface area (Å²) in [5.41, 5.74) is 3.34. The number of halogens is 1. The molecule has 0 fully saturated rings. The number of nitrogen functional groups attached to an aromatic ring is 1. The fourth-order valence-electron chi connectivity index (χ4n) is 2.23. The number of nitrogens with one attached hydrogen (secondary N) is 2. The van der Waals surface area contributed by atoms with Gasteiger partial charge in [0, 0.05) is 18.7 Å². The molecule has 2 unspecified atom stereocenters. The van der Waals surface area contributed by atoms with Crippen molar-refractivity contribution in [1.82, 2.24) is 15.5 Å². The third-order valence-electron chi connectivity index (χ3n) is 3.88. The molecule has 5 N–H and O–H groups in total. The van der Waals surface area contributed by atoms with Gasteiger partial charge in [0.1, 0.15) is 18.5 Å². The second-order valence-electron chi connectivity index (χ2n) is 6.20. The summed E-state index contributed by atoms with van der Waals surface area (Å²) < 4.78 is 11.1. The normalized spacial score (nSPS) is 13.1. The van der Waals surface area contributed by atoms with Crippen LogP contribution in [0.25, 0.3) is 0 Å². The Kier molecular flexibility index (Phi) is 8.53. The van der Waals surface area contributed by atoms with Crippen molar-refractivity contribution in [3.8, 4) is 11.6 Å². The number of nitrogens with zero attached hydrogens (tertiary/aromatic N) is 2. The number of benzene rings is 1. The van der Waals surface area contributed by atoms with Crippen LogP contribution in [0, 0.1) is 6.92 Å². The summed E-state index contributed by atoms with van der Waals surface area (Å²) in [5.74, 6) is 6.71. The fourth-order valence-corrected chi connectivity index (χ4v) is 2.41. The lowest BCUT2D eigenvalue weighted by atomic mass is 10.2. The van der Waals surface area contributed by atoms with Gasteiger partial charge >= 0.3 is 0 Å². The van der Waals surface area contributed by atoms with E-state index in [0.717, 1.165) is 12.0 Å². The molecule has 2 aromatic rings. The van der Waals surface area contributed by atoms with E-state index in [4.69, 9.17) is 26.9 Å². The molecule has 148 valence electrons. The van der Waals surface area contributed by atoms with Gasteiger partial charge in [0.2, 0.25) is 5.88 Å². The molecule has 0 saturated heterocycles. The Morgan fingerprint density at radius 2 is 2.04 bits per heavy atom. The molecule has 1 aromatic carbocycles. The number of anilines is 1. The third-order valence-corrected chi connectivity index (χ3v) is 4.36. The Bertz CT molecular complexity index is 702. The van der Waals surface area contributed by atoms with Crippen molar-refractivity contribution >= 4 is 17.4 Å². The smallest absolute Gasteiger partial charge is 0.233 e. The number of ether oxygens (including phenoxy) is 2. The zero-order valence-electron chi connectivity index (χ0n) is 15.5.